The second-order valence-corrected chi connectivity index (χ2v) is 12.0. The molecule has 0 amide bonds. The topological polar surface area (TPSA) is 230 Å². The Morgan fingerprint density at radius 3 is 0.562 bits per heavy atom. The summed E-state index contributed by atoms with van der Waals surface area (Å²) in [5.41, 5.74) is -1.88. The molecule has 48 heavy (non-hydrogen) atoms. The molecule has 0 aliphatic heterocycles. The van der Waals surface area contributed by atoms with Gasteiger partial charge in [0.15, 0.2) is 23.1 Å². The molecular formula is C36H32O12. The van der Waals surface area contributed by atoms with E-state index in [9.17, 15) is 60.0 Å². The van der Waals surface area contributed by atoms with Crippen LogP contribution in [0.25, 0.3) is 0 Å². The second-order valence-electron chi connectivity index (χ2n) is 12.0. The first-order valence-corrected chi connectivity index (χ1v) is 14.7. The Labute approximate surface area is 273 Å². The Balaban J connectivity index is 1.94. The van der Waals surface area contributed by atoms with E-state index in [1.807, 2.05) is 0 Å². The maximum absolute atomic E-state index is 12.6. The average Bonchev–Trinajstić information content (AvgIpc) is 2.97. The van der Waals surface area contributed by atoms with Crippen LogP contribution in [0.1, 0.15) is 114 Å². The number of Topliss-reactive ketones (excluding diaryl/α,β-unsaturated/α-hetero) is 4. The number of hydrogen-bond donors (Lipinski definition) is 8. The van der Waals surface area contributed by atoms with Crippen LogP contribution in [0, 0.1) is 0 Å². The van der Waals surface area contributed by atoms with Gasteiger partial charge in [-0.25, -0.2) is 0 Å². The van der Waals surface area contributed by atoms with E-state index in [0.29, 0.717) is 0 Å². The lowest BCUT2D eigenvalue weighted by Crippen LogP contribution is -2.08. The van der Waals surface area contributed by atoms with Crippen molar-refractivity contribution >= 4 is 23.1 Å². The number of aromatic hydroxyl groups is 8. The molecule has 0 aromatic heterocycles. The van der Waals surface area contributed by atoms with Crippen molar-refractivity contribution in [3.05, 3.63) is 91.0 Å². The first kappa shape index (κ1) is 33.3. The van der Waals surface area contributed by atoms with Gasteiger partial charge in [-0.1, -0.05) is 0 Å². The van der Waals surface area contributed by atoms with Gasteiger partial charge in [-0.2, -0.15) is 0 Å². The maximum Gasteiger partial charge on any atom is 0.167 e. The summed E-state index contributed by atoms with van der Waals surface area (Å²) in [7, 11) is 0. The number of carbonyl (C=O) groups is 4. The highest BCUT2D eigenvalue weighted by atomic mass is 16.3. The van der Waals surface area contributed by atoms with Crippen LogP contribution in [0.4, 0.5) is 0 Å². The fourth-order valence-electron chi connectivity index (χ4n) is 6.35. The Morgan fingerprint density at radius 2 is 0.458 bits per heavy atom. The summed E-state index contributed by atoms with van der Waals surface area (Å²) in [6.07, 6.45) is -1.41. The lowest BCUT2D eigenvalue weighted by Gasteiger charge is -2.21. The van der Waals surface area contributed by atoms with Crippen LogP contribution in [-0.4, -0.2) is 64.0 Å². The monoisotopic (exact) mass is 656 g/mol. The number of hydrogen-bond acceptors (Lipinski definition) is 12. The van der Waals surface area contributed by atoms with Crippen LogP contribution in [-0.2, 0) is 25.7 Å². The third-order valence-corrected chi connectivity index (χ3v) is 8.65. The molecule has 8 N–H and O–H groups in total. The summed E-state index contributed by atoms with van der Waals surface area (Å²) in [6.45, 7) is 4.41. The van der Waals surface area contributed by atoms with Crippen LogP contribution in [0.2, 0.25) is 0 Å². The van der Waals surface area contributed by atoms with Crippen LogP contribution in [0.5, 0.6) is 46.0 Å². The smallest absolute Gasteiger partial charge is 0.167 e. The maximum atomic E-state index is 12.6. The van der Waals surface area contributed by atoms with Crippen molar-refractivity contribution in [1.29, 1.82) is 0 Å². The lowest BCUT2D eigenvalue weighted by molar-refractivity contribution is 0.0998. The predicted molar refractivity (Wildman–Crippen MR) is 170 cm³/mol. The summed E-state index contributed by atoms with van der Waals surface area (Å²) >= 11 is 0. The molecule has 4 aromatic rings. The Bertz CT molecular complexity index is 1720. The summed E-state index contributed by atoms with van der Waals surface area (Å²) < 4.78 is 0. The first-order chi connectivity index (χ1) is 22.4. The van der Waals surface area contributed by atoms with E-state index >= 15 is 0 Å². The highest BCUT2D eigenvalue weighted by Crippen LogP contribution is 2.45. The van der Waals surface area contributed by atoms with Gasteiger partial charge in [0.1, 0.15) is 68.2 Å². The molecule has 1 aliphatic carbocycles. The van der Waals surface area contributed by atoms with Crippen molar-refractivity contribution in [3.8, 4) is 46.0 Å². The molecule has 0 atom stereocenters. The van der Waals surface area contributed by atoms with Gasteiger partial charge in [0.25, 0.3) is 0 Å². The molecule has 12 heteroatoms. The molecule has 4 aromatic carbocycles. The van der Waals surface area contributed by atoms with Crippen LogP contribution in [0.3, 0.4) is 0 Å². The van der Waals surface area contributed by atoms with Crippen molar-refractivity contribution in [3.63, 3.8) is 0 Å². The van der Waals surface area contributed by atoms with Gasteiger partial charge >= 0.3 is 0 Å². The zero-order valence-corrected chi connectivity index (χ0v) is 26.3. The van der Waals surface area contributed by atoms with Crippen molar-refractivity contribution in [2.45, 2.75) is 53.4 Å². The molecule has 0 saturated heterocycles. The number of ketones is 4. The van der Waals surface area contributed by atoms with Gasteiger partial charge in [0, 0.05) is 25.7 Å². The van der Waals surface area contributed by atoms with Gasteiger partial charge in [-0.05, 0) is 96.5 Å². The highest BCUT2D eigenvalue weighted by Gasteiger charge is 2.29. The number of phenols is 8. The van der Waals surface area contributed by atoms with E-state index in [2.05, 4.69) is 0 Å². The van der Waals surface area contributed by atoms with Gasteiger partial charge in [-0.15, -0.1) is 0 Å². The normalized spacial score (nSPS) is 12.4. The molecule has 1 aliphatic rings. The Morgan fingerprint density at radius 1 is 0.333 bits per heavy atom. The van der Waals surface area contributed by atoms with Crippen LogP contribution >= 0.6 is 0 Å². The number of carbonyl (C=O) groups excluding carboxylic acids is 4. The zero-order chi connectivity index (χ0) is 35.5. The molecular weight excluding hydrogens is 624 g/mol. The van der Waals surface area contributed by atoms with Crippen molar-refractivity contribution in [2.24, 2.45) is 0 Å². The summed E-state index contributed by atoms with van der Waals surface area (Å²) in [6, 6.07) is 5.23. The minimum atomic E-state index is -0.728. The molecule has 5 rings (SSSR count). The van der Waals surface area contributed by atoms with Crippen molar-refractivity contribution in [2.75, 3.05) is 0 Å². The van der Waals surface area contributed by atoms with E-state index in [-0.39, 0.29) is 70.2 Å². The molecule has 0 heterocycles. The quantitative estimate of drug-likeness (QED) is 0.122. The van der Waals surface area contributed by atoms with E-state index < -0.39 is 91.4 Å². The average molecular weight is 657 g/mol. The molecule has 12 nitrogen and oxygen atoms in total. The number of phenolic OH excluding ortho intramolecular Hbond substituents is 8. The predicted octanol–water partition coefficient (Wildman–Crippen LogP) is 4.82. The molecule has 0 radical (unpaired) electrons. The molecule has 0 unspecified atom stereocenters. The molecule has 248 valence electrons. The standard InChI is InChI=1S/C36H32O12/c1-13(37)25-29(41)17-5-18(30(25)42)10-20-7-22(34(46)27(15(3)39)32(20)44)12-24-8-23(35(47)28(16(4)40)36(24)48)11-21-6-19(9-17)31(43)26(14(2)38)33(21)45/h5-8,41-48H,9-12H2,1-4H3. The second kappa shape index (κ2) is 12.0. The summed E-state index contributed by atoms with van der Waals surface area (Å²) in [5.74, 6) is -7.95. The van der Waals surface area contributed by atoms with E-state index in [1.54, 1.807) is 0 Å². The minimum Gasteiger partial charge on any atom is -0.507 e. The molecule has 0 spiro atoms. The third-order valence-electron chi connectivity index (χ3n) is 8.65. The largest absolute Gasteiger partial charge is 0.507 e. The minimum absolute atomic E-state index is 0.000418. The number of fused-ring (bicyclic) bond motifs is 8. The van der Waals surface area contributed by atoms with Gasteiger partial charge in [-0.3, -0.25) is 19.2 Å². The molecule has 8 bridgehead atoms. The fourth-order valence-corrected chi connectivity index (χ4v) is 6.35. The first-order valence-electron chi connectivity index (χ1n) is 14.7. The lowest BCUT2D eigenvalue weighted by atomic mass is 9.86. The van der Waals surface area contributed by atoms with E-state index in [1.165, 1.54) is 24.3 Å². The molecule has 0 fully saturated rings. The SMILES string of the molecule is CC(=O)c1c(O)c2cc(c1O)Cc1cc(c(O)c(C(C)=O)c1O)Cc1cc(c(O)c(C(C)=O)c1O)Cc1cc(c(O)c(C(C)=O)c1O)C2. The Kier molecular flexibility index (Phi) is 8.30. The Hall–Kier alpha value is -6.04. The number of benzene rings is 4. The van der Waals surface area contributed by atoms with Gasteiger partial charge < -0.3 is 40.9 Å². The summed E-state index contributed by atoms with van der Waals surface area (Å²) in [5, 5.41) is 89.0. The van der Waals surface area contributed by atoms with Crippen LogP contribution < -0.4 is 0 Å². The van der Waals surface area contributed by atoms with Gasteiger partial charge in [0.05, 0.1) is 0 Å². The fraction of sp³-hybridized carbons (Fsp3) is 0.222. The van der Waals surface area contributed by atoms with Crippen molar-refractivity contribution in [1.82, 2.24) is 0 Å². The van der Waals surface area contributed by atoms with Gasteiger partial charge in [0.2, 0.25) is 0 Å². The van der Waals surface area contributed by atoms with Crippen molar-refractivity contribution < 1.29 is 60.0 Å². The van der Waals surface area contributed by atoms with E-state index in [0.717, 1.165) is 27.7 Å². The highest BCUT2D eigenvalue weighted by molar-refractivity contribution is 6.03. The third kappa shape index (κ3) is 5.40. The number of rotatable bonds is 4. The summed E-state index contributed by atoms with van der Waals surface area (Å²) in [4.78, 5) is 50.6. The molecule has 0 saturated carbocycles. The van der Waals surface area contributed by atoms with E-state index in [4.69, 9.17) is 0 Å². The van der Waals surface area contributed by atoms with Crippen LogP contribution in [0.15, 0.2) is 24.3 Å². The zero-order valence-electron chi connectivity index (χ0n) is 26.3.